The molecule has 0 heterocycles. The molecule has 4 atom stereocenters. The van der Waals surface area contributed by atoms with Crippen LogP contribution in [0.15, 0.2) is 0 Å². The number of rotatable bonds is 13. The Balaban J connectivity index is 1.86. The van der Waals surface area contributed by atoms with Crippen LogP contribution in [0, 0.1) is 23.7 Å². The maximum atomic E-state index is 14.2. The third kappa shape index (κ3) is 10.2. The number of hydrogen-bond donors (Lipinski definition) is 4. The number of hydrogen-bond acceptors (Lipinski definition) is 5. The van der Waals surface area contributed by atoms with E-state index >= 15 is 0 Å². The van der Waals surface area contributed by atoms with E-state index in [-0.39, 0.29) is 41.4 Å². The smallest absolute Gasteiger partial charge is 0.326 e. The molecule has 4 amide bonds. The van der Waals surface area contributed by atoms with E-state index in [1.165, 1.54) is 18.9 Å². The highest BCUT2D eigenvalue weighted by Crippen LogP contribution is 2.31. The van der Waals surface area contributed by atoms with E-state index in [4.69, 9.17) is 0 Å². The fourth-order valence-electron chi connectivity index (χ4n) is 7.53. The Morgan fingerprint density at radius 2 is 1.02 bits per heavy atom. The maximum absolute atomic E-state index is 14.2. The van der Waals surface area contributed by atoms with Crippen molar-refractivity contribution in [1.29, 1.82) is 0 Å². The van der Waals surface area contributed by atoms with Crippen molar-refractivity contribution in [3.05, 3.63) is 0 Å². The van der Waals surface area contributed by atoms with Gasteiger partial charge in [-0.25, -0.2) is 4.79 Å². The van der Waals surface area contributed by atoms with Gasteiger partial charge in [-0.15, -0.1) is 0 Å². The summed E-state index contributed by atoms with van der Waals surface area (Å²) in [6, 6.07) is -3.38. The van der Waals surface area contributed by atoms with Crippen molar-refractivity contribution in [2.45, 2.75) is 148 Å². The minimum absolute atomic E-state index is 0.0202. The SMILES string of the molecule is CC(=O)N[C@@H](C(=O)N[C@@H](C(=O)N[C@@H](C(=O)N(C)[C@H](CC(C)C)C(=O)O)C1CCCCC1)C1CCCCC1)C1CCCCC1. The molecule has 0 aliphatic heterocycles. The number of carboxylic acids is 1. The normalized spacial score (nSPS) is 21.7. The van der Waals surface area contributed by atoms with Crippen LogP contribution in [-0.2, 0) is 24.0 Å². The highest BCUT2D eigenvalue weighted by atomic mass is 16.4. The van der Waals surface area contributed by atoms with Crippen molar-refractivity contribution < 1.29 is 29.1 Å². The van der Waals surface area contributed by atoms with E-state index in [2.05, 4.69) is 16.0 Å². The van der Waals surface area contributed by atoms with Crippen LogP contribution in [-0.4, -0.2) is 70.8 Å². The first kappa shape index (κ1) is 34.8. The van der Waals surface area contributed by atoms with Gasteiger partial charge in [0.05, 0.1) is 0 Å². The molecular formula is C33H56N4O6. The van der Waals surface area contributed by atoms with Crippen molar-refractivity contribution >= 4 is 29.6 Å². The molecule has 0 unspecified atom stereocenters. The standard InChI is InChI=1S/C33H56N4O6/c1-21(2)20-26(33(42)43)37(4)32(41)29(25-18-12-7-13-19-25)36-31(40)28(24-16-10-6-11-17-24)35-30(39)27(34-22(3)38)23-14-8-5-9-15-23/h21,23-29H,5-20H2,1-4H3,(H,34,38)(H,35,39)(H,36,40)(H,42,43)/t26-,27-,28-,29-/m1/s1. The van der Waals surface area contributed by atoms with E-state index in [0.717, 1.165) is 96.3 Å². The van der Waals surface area contributed by atoms with Gasteiger partial charge in [0.2, 0.25) is 23.6 Å². The molecule has 0 aromatic carbocycles. The molecule has 0 aromatic rings. The molecule has 4 N–H and O–H groups in total. The lowest BCUT2D eigenvalue weighted by Gasteiger charge is -2.38. The zero-order chi connectivity index (χ0) is 31.5. The van der Waals surface area contributed by atoms with Crippen molar-refractivity contribution in [3.8, 4) is 0 Å². The molecule has 3 fully saturated rings. The first-order chi connectivity index (χ1) is 20.5. The first-order valence-electron chi connectivity index (χ1n) is 16.9. The number of likely N-dealkylation sites (N-methyl/N-ethyl adjacent to an activating group) is 1. The molecule has 3 saturated carbocycles. The van der Waals surface area contributed by atoms with Crippen LogP contribution in [0.2, 0.25) is 0 Å². The number of amides is 4. The number of nitrogens with zero attached hydrogens (tertiary/aromatic N) is 1. The molecule has 3 aliphatic carbocycles. The van der Waals surface area contributed by atoms with E-state index in [1.54, 1.807) is 0 Å². The predicted molar refractivity (Wildman–Crippen MR) is 165 cm³/mol. The number of carboxylic acid groups (broad SMARTS) is 1. The van der Waals surface area contributed by atoms with Gasteiger partial charge in [0, 0.05) is 14.0 Å². The summed E-state index contributed by atoms with van der Waals surface area (Å²) in [6.45, 7) is 5.26. The number of carbonyl (C=O) groups is 5. The Kier molecular flexibility index (Phi) is 13.8. The fraction of sp³-hybridized carbons (Fsp3) is 0.848. The molecule has 0 saturated heterocycles. The predicted octanol–water partition coefficient (Wildman–Crippen LogP) is 4.16. The van der Waals surface area contributed by atoms with E-state index in [0.29, 0.717) is 6.42 Å². The highest BCUT2D eigenvalue weighted by Gasteiger charge is 2.41. The molecule has 0 radical (unpaired) electrons. The van der Waals surface area contributed by atoms with Gasteiger partial charge < -0.3 is 26.0 Å². The molecule has 10 nitrogen and oxygen atoms in total. The van der Waals surface area contributed by atoms with Crippen LogP contribution < -0.4 is 16.0 Å². The summed E-state index contributed by atoms with van der Waals surface area (Å²) in [7, 11) is 1.52. The maximum Gasteiger partial charge on any atom is 0.326 e. The minimum Gasteiger partial charge on any atom is -0.480 e. The zero-order valence-corrected chi connectivity index (χ0v) is 26.9. The lowest BCUT2D eigenvalue weighted by atomic mass is 9.80. The molecule has 244 valence electrons. The Labute approximate surface area is 257 Å². The van der Waals surface area contributed by atoms with Gasteiger partial charge in [0.15, 0.2) is 0 Å². The summed E-state index contributed by atoms with van der Waals surface area (Å²) in [5, 5.41) is 18.9. The highest BCUT2D eigenvalue weighted by molar-refractivity contribution is 5.95. The van der Waals surface area contributed by atoms with Crippen LogP contribution in [0.5, 0.6) is 0 Å². The molecule has 0 bridgehead atoms. The van der Waals surface area contributed by atoms with Crippen LogP contribution in [0.25, 0.3) is 0 Å². The van der Waals surface area contributed by atoms with E-state index in [1.807, 2.05) is 13.8 Å². The van der Waals surface area contributed by atoms with Crippen LogP contribution >= 0.6 is 0 Å². The Hall–Kier alpha value is -2.65. The average molecular weight is 605 g/mol. The second-order valence-electron chi connectivity index (χ2n) is 13.8. The number of aliphatic carboxylic acids is 1. The van der Waals surface area contributed by atoms with Gasteiger partial charge in [-0.3, -0.25) is 19.2 Å². The van der Waals surface area contributed by atoms with Gasteiger partial charge in [-0.2, -0.15) is 0 Å². The quantitative estimate of drug-likeness (QED) is 0.249. The summed E-state index contributed by atoms with van der Waals surface area (Å²) in [5.74, 6) is -2.53. The molecular weight excluding hydrogens is 548 g/mol. The molecule has 0 spiro atoms. The largest absolute Gasteiger partial charge is 0.480 e. The van der Waals surface area contributed by atoms with Crippen LogP contribution in [0.1, 0.15) is 124 Å². The molecule has 3 rings (SSSR count). The lowest BCUT2D eigenvalue weighted by molar-refractivity contribution is -0.152. The molecule has 10 heteroatoms. The third-order valence-electron chi connectivity index (χ3n) is 9.94. The van der Waals surface area contributed by atoms with Gasteiger partial charge in [0.1, 0.15) is 24.2 Å². The Bertz CT molecular complexity index is 953. The van der Waals surface area contributed by atoms with Crippen molar-refractivity contribution in [2.24, 2.45) is 23.7 Å². The van der Waals surface area contributed by atoms with Gasteiger partial charge in [0.25, 0.3) is 0 Å². The average Bonchev–Trinajstić information content (AvgIpc) is 3.00. The van der Waals surface area contributed by atoms with Crippen molar-refractivity contribution in [3.63, 3.8) is 0 Å². The van der Waals surface area contributed by atoms with Crippen LogP contribution in [0.4, 0.5) is 0 Å². The summed E-state index contributed by atoms with van der Waals surface area (Å²) < 4.78 is 0. The van der Waals surface area contributed by atoms with Crippen LogP contribution in [0.3, 0.4) is 0 Å². The fourth-order valence-corrected chi connectivity index (χ4v) is 7.53. The van der Waals surface area contributed by atoms with Crippen molar-refractivity contribution in [1.82, 2.24) is 20.9 Å². The Morgan fingerprint density at radius 1 is 0.651 bits per heavy atom. The summed E-state index contributed by atoms with van der Waals surface area (Å²) in [6.07, 6.45) is 14.3. The van der Waals surface area contributed by atoms with Crippen molar-refractivity contribution in [2.75, 3.05) is 7.05 Å². The number of carbonyl (C=O) groups excluding carboxylic acids is 4. The van der Waals surface area contributed by atoms with E-state index in [9.17, 15) is 29.1 Å². The second-order valence-corrected chi connectivity index (χ2v) is 13.8. The molecule has 43 heavy (non-hydrogen) atoms. The summed E-state index contributed by atoms with van der Waals surface area (Å²) >= 11 is 0. The first-order valence-corrected chi connectivity index (χ1v) is 16.9. The zero-order valence-electron chi connectivity index (χ0n) is 26.9. The molecule has 0 aromatic heterocycles. The monoisotopic (exact) mass is 604 g/mol. The lowest BCUT2D eigenvalue weighted by Crippen LogP contribution is -2.62. The summed E-state index contributed by atoms with van der Waals surface area (Å²) in [5.41, 5.74) is 0. The molecule has 3 aliphatic rings. The third-order valence-corrected chi connectivity index (χ3v) is 9.94. The number of nitrogens with one attached hydrogen (secondary N) is 3. The summed E-state index contributed by atoms with van der Waals surface area (Å²) in [4.78, 5) is 67.5. The minimum atomic E-state index is -1.06. The van der Waals surface area contributed by atoms with Gasteiger partial charge in [-0.05, 0) is 68.6 Å². The topological polar surface area (TPSA) is 145 Å². The second kappa shape index (κ2) is 17.0. The Morgan fingerprint density at radius 3 is 1.40 bits per heavy atom. The van der Waals surface area contributed by atoms with E-state index < -0.39 is 36.0 Å². The van der Waals surface area contributed by atoms with Gasteiger partial charge in [-0.1, -0.05) is 71.6 Å². The van der Waals surface area contributed by atoms with Gasteiger partial charge >= 0.3 is 5.97 Å².